The molecule has 0 aliphatic rings. The van der Waals surface area contributed by atoms with E-state index in [-0.39, 0.29) is 46.7 Å². The predicted molar refractivity (Wildman–Crippen MR) is 178 cm³/mol. The van der Waals surface area contributed by atoms with Crippen LogP contribution >= 0.6 is 0 Å². The van der Waals surface area contributed by atoms with Gasteiger partial charge >= 0.3 is 11.9 Å². The Labute approximate surface area is 291 Å². The van der Waals surface area contributed by atoms with E-state index in [0.29, 0.717) is 24.5 Å². The molecule has 0 bridgehead atoms. The maximum absolute atomic E-state index is 15.0. The Hall–Kier alpha value is -7.24. The van der Waals surface area contributed by atoms with Crippen LogP contribution in [0.25, 0.3) is 11.6 Å². The first-order chi connectivity index (χ1) is 25.1. The summed E-state index contributed by atoms with van der Waals surface area (Å²) in [5.41, 5.74) is -1.32. The molecule has 4 N–H and O–H groups in total. The van der Waals surface area contributed by atoms with Gasteiger partial charge in [-0.15, -0.1) is 20.4 Å². The molecule has 0 atom stereocenters. The first kappa shape index (κ1) is 34.6. The van der Waals surface area contributed by atoms with Crippen LogP contribution in [0.15, 0.2) is 86.0 Å². The number of anilines is 2. The average molecular weight is 709 g/mol. The minimum Gasteiger partial charge on any atom is -0.478 e. The van der Waals surface area contributed by atoms with Gasteiger partial charge in [0.1, 0.15) is 24.3 Å². The van der Waals surface area contributed by atoms with Gasteiger partial charge in [-0.25, -0.2) is 28.3 Å². The summed E-state index contributed by atoms with van der Waals surface area (Å²) >= 11 is 0. The molecule has 4 aromatic heterocycles. The van der Waals surface area contributed by atoms with Gasteiger partial charge < -0.3 is 20.8 Å². The number of carbonyl (C=O) groups excluding carboxylic acids is 2. The van der Waals surface area contributed by atoms with Crippen molar-refractivity contribution >= 4 is 35.1 Å². The van der Waals surface area contributed by atoms with Crippen molar-refractivity contribution in [1.29, 1.82) is 0 Å². The smallest absolute Gasteiger partial charge is 0.337 e. The van der Waals surface area contributed by atoms with Gasteiger partial charge in [0, 0.05) is 24.8 Å². The lowest BCUT2D eigenvalue weighted by molar-refractivity contribution is 0.0686. The zero-order chi connectivity index (χ0) is 36.8. The number of aryl methyl sites for hydroxylation is 2. The van der Waals surface area contributed by atoms with Crippen LogP contribution in [0.4, 0.5) is 20.2 Å². The average Bonchev–Trinajstić information content (AvgIpc) is 3.88. The van der Waals surface area contributed by atoms with Gasteiger partial charge in [-0.1, -0.05) is 0 Å². The number of unbranched alkanes of at least 4 members (excludes halogenated alkanes) is 1. The summed E-state index contributed by atoms with van der Waals surface area (Å²) in [5, 5.41) is 39.9. The summed E-state index contributed by atoms with van der Waals surface area (Å²) in [5.74, 6) is -5.33. The van der Waals surface area contributed by atoms with Gasteiger partial charge in [0.2, 0.25) is 0 Å². The second-order valence-electron chi connectivity index (χ2n) is 11.2. The lowest BCUT2D eigenvalue weighted by Crippen LogP contribution is -2.18. The molecule has 16 nitrogen and oxygen atoms in total. The number of carboxylic acid groups (broad SMARTS) is 2. The van der Waals surface area contributed by atoms with Crippen molar-refractivity contribution in [2.75, 3.05) is 10.6 Å². The molecule has 0 radical (unpaired) electrons. The van der Waals surface area contributed by atoms with Crippen LogP contribution in [-0.2, 0) is 12.8 Å². The fourth-order valence-electron chi connectivity index (χ4n) is 5.14. The quantitative estimate of drug-likeness (QED) is 0.123. The molecule has 0 spiro atoms. The van der Waals surface area contributed by atoms with Crippen LogP contribution in [0, 0.1) is 11.6 Å². The van der Waals surface area contributed by atoms with E-state index in [9.17, 15) is 38.2 Å². The minimum atomic E-state index is -1.47. The van der Waals surface area contributed by atoms with Crippen molar-refractivity contribution in [2.24, 2.45) is 0 Å². The Kier molecular flexibility index (Phi) is 10.1. The van der Waals surface area contributed by atoms with Gasteiger partial charge in [-0.05, 0) is 85.3 Å². The molecule has 2 aromatic carbocycles. The third-order valence-corrected chi connectivity index (χ3v) is 7.78. The zero-order valence-corrected chi connectivity index (χ0v) is 26.8. The molecule has 262 valence electrons. The normalized spacial score (nSPS) is 10.9. The van der Waals surface area contributed by atoms with E-state index in [1.54, 1.807) is 33.9 Å². The van der Waals surface area contributed by atoms with E-state index >= 15 is 0 Å². The molecule has 4 heterocycles. The molecule has 0 aliphatic heterocycles. The number of nitrogens with zero attached hydrogens (tertiary/aromatic N) is 8. The Morgan fingerprint density at radius 1 is 0.615 bits per heavy atom. The third kappa shape index (κ3) is 7.80. The molecular weight excluding hydrogens is 682 g/mol. The molecule has 6 rings (SSSR count). The SMILES string of the molecule is O=C(Nc1cc(CCCCc2cc(NC(=O)c3ccc(-n4ccnc4)nn3)c(C(=O)O)cc2F)c(F)cc1C(=O)O)c1ccc(-n2ccnc2)nn1. The molecule has 0 saturated carbocycles. The Morgan fingerprint density at radius 2 is 1.04 bits per heavy atom. The highest BCUT2D eigenvalue weighted by Gasteiger charge is 2.21. The fourth-order valence-corrected chi connectivity index (χ4v) is 5.14. The van der Waals surface area contributed by atoms with E-state index in [1.165, 1.54) is 49.1 Å². The molecule has 52 heavy (non-hydrogen) atoms. The van der Waals surface area contributed by atoms with Crippen LogP contribution in [0.3, 0.4) is 0 Å². The second kappa shape index (κ2) is 15.1. The van der Waals surface area contributed by atoms with Crippen molar-refractivity contribution in [2.45, 2.75) is 25.7 Å². The molecule has 0 saturated heterocycles. The number of amides is 2. The standard InChI is InChI=1S/C34H26F2N10O6/c35-23-15-21(33(49)50)27(39-31(47)25-5-7-29(43-41-25)45-11-9-37-17-45)13-19(23)3-1-2-4-20-14-28(22(34(51)52)16-24(20)36)40-32(48)26-6-8-30(44-42-26)46-12-10-38-18-46/h5-18H,1-4H2,(H,39,47)(H,40,48)(H,49,50)(H,51,52). The topological polar surface area (TPSA) is 220 Å². The van der Waals surface area contributed by atoms with Crippen molar-refractivity contribution in [3.8, 4) is 11.6 Å². The number of benzene rings is 2. The minimum absolute atomic E-state index is 0.0835. The van der Waals surface area contributed by atoms with Gasteiger partial charge in [-0.3, -0.25) is 18.7 Å². The van der Waals surface area contributed by atoms with Crippen LogP contribution in [0.1, 0.15) is 65.7 Å². The summed E-state index contributed by atoms with van der Waals surface area (Å²) in [4.78, 5) is 57.4. The largest absolute Gasteiger partial charge is 0.478 e. The number of imidazole rings is 2. The third-order valence-electron chi connectivity index (χ3n) is 7.78. The number of carboxylic acids is 2. The number of aromatic carboxylic acids is 2. The van der Waals surface area contributed by atoms with Gasteiger partial charge in [0.15, 0.2) is 23.0 Å². The predicted octanol–water partition coefficient (Wildman–Crippen LogP) is 4.38. The van der Waals surface area contributed by atoms with E-state index in [2.05, 4.69) is 41.0 Å². The van der Waals surface area contributed by atoms with Crippen molar-refractivity contribution < 1.29 is 38.2 Å². The van der Waals surface area contributed by atoms with E-state index in [0.717, 1.165) is 12.1 Å². The maximum Gasteiger partial charge on any atom is 0.337 e. The van der Waals surface area contributed by atoms with Crippen LogP contribution < -0.4 is 10.6 Å². The number of hydrogen-bond acceptors (Lipinski definition) is 10. The summed E-state index contributed by atoms with van der Waals surface area (Å²) in [6.45, 7) is 0. The molecule has 0 fully saturated rings. The Bertz CT molecular complexity index is 2100. The summed E-state index contributed by atoms with van der Waals surface area (Å²) in [6, 6.07) is 9.83. The molecular formula is C34H26F2N10O6. The lowest BCUT2D eigenvalue weighted by atomic mass is 9.99. The molecule has 18 heteroatoms. The Balaban J connectivity index is 1.11. The number of halogens is 2. The highest BCUT2D eigenvalue weighted by atomic mass is 19.1. The number of aromatic nitrogens is 8. The first-order valence-corrected chi connectivity index (χ1v) is 15.5. The van der Waals surface area contributed by atoms with Gasteiger partial charge in [0.25, 0.3) is 11.8 Å². The highest BCUT2D eigenvalue weighted by Crippen LogP contribution is 2.26. The molecule has 0 unspecified atom stereocenters. The molecule has 6 aromatic rings. The first-order valence-electron chi connectivity index (χ1n) is 15.5. The van der Waals surface area contributed by atoms with Crippen LogP contribution in [0.5, 0.6) is 0 Å². The summed E-state index contributed by atoms with van der Waals surface area (Å²) in [7, 11) is 0. The highest BCUT2D eigenvalue weighted by molar-refractivity contribution is 6.07. The van der Waals surface area contributed by atoms with E-state index < -0.39 is 46.5 Å². The maximum atomic E-state index is 15.0. The number of carbonyl (C=O) groups is 4. The lowest BCUT2D eigenvalue weighted by Gasteiger charge is -2.13. The number of rotatable bonds is 13. The van der Waals surface area contributed by atoms with Crippen LogP contribution in [0.2, 0.25) is 0 Å². The van der Waals surface area contributed by atoms with Gasteiger partial charge in [-0.2, -0.15) is 0 Å². The van der Waals surface area contributed by atoms with Crippen LogP contribution in [-0.4, -0.2) is 73.5 Å². The van der Waals surface area contributed by atoms with Crippen molar-refractivity contribution in [3.63, 3.8) is 0 Å². The second-order valence-corrected chi connectivity index (χ2v) is 11.2. The summed E-state index contributed by atoms with van der Waals surface area (Å²) < 4.78 is 33.1. The fraction of sp³-hybridized carbons (Fsp3) is 0.118. The zero-order valence-electron chi connectivity index (χ0n) is 26.8. The van der Waals surface area contributed by atoms with Crippen molar-refractivity contribution in [3.05, 3.63) is 131 Å². The number of nitrogens with one attached hydrogen (secondary N) is 2. The molecule has 2 amide bonds. The van der Waals surface area contributed by atoms with Crippen molar-refractivity contribution in [1.82, 2.24) is 39.5 Å². The van der Waals surface area contributed by atoms with E-state index in [1.807, 2.05) is 0 Å². The Morgan fingerprint density at radius 3 is 1.37 bits per heavy atom. The monoisotopic (exact) mass is 708 g/mol. The van der Waals surface area contributed by atoms with E-state index in [4.69, 9.17) is 0 Å². The van der Waals surface area contributed by atoms with Gasteiger partial charge in [0.05, 0.1) is 22.5 Å². The number of hydrogen-bond donors (Lipinski definition) is 4. The molecule has 0 aliphatic carbocycles. The summed E-state index contributed by atoms with van der Waals surface area (Å²) in [6.07, 6.45) is 10.1.